The molecule has 0 saturated carbocycles. The molecule has 0 atom stereocenters. The van der Waals surface area contributed by atoms with Gasteiger partial charge in [0.2, 0.25) is 0 Å². The van der Waals surface area contributed by atoms with Gasteiger partial charge in [-0.15, -0.1) is 10.2 Å². The molecule has 1 aliphatic heterocycles. The minimum atomic E-state index is -0.515. The van der Waals surface area contributed by atoms with Crippen LogP contribution in [0, 0.1) is 6.92 Å². The van der Waals surface area contributed by atoms with Gasteiger partial charge in [0.15, 0.2) is 11.8 Å². The average molecular weight is 452 g/mol. The van der Waals surface area contributed by atoms with E-state index in [1.54, 1.807) is 17.0 Å². The molecule has 32 heavy (non-hydrogen) atoms. The van der Waals surface area contributed by atoms with Crippen molar-refractivity contribution >= 4 is 29.3 Å². The van der Waals surface area contributed by atoms with Gasteiger partial charge in [0.25, 0.3) is 5.91 Å². The van der Waals surface area contributed by atoms with Crippen molar-refractivity contribution in [3.05, 3.63) is 66.0 Å². The second kappa shape index (κ2) is 9.86. The molecule has 0 unspecified atom stereocenters. The fraction of sp³-hybridized carbons (Fsp3) is 0.304. The third-order valence-corrected chi connectivity index (χ3v) is 6.05. The molecule has 0 spiro atoms. The van der Waals surface area contributed by atoms with Gasteiger partial charge in [0.05, 0.1) is 5.56 Å². The molecule has 8 nitrogen and oxygen atoms in total. The van der Waals surface area contributed by atoms with E-state index in [4.69, 9.17) is 4.74 Å². The van der Waals surface area contributed by atoms with Crippen LogP contribution < -0.4 is 4.90 Å². The molecular formula is C23H25N5O3S. The first-order valence-electron chi connectivity index (χ1n) is 10.4. The number of piperazine rings is 1. The summed E-state index contributed by atoms with van der Waals surface area (Å²) in [5.41, 5.74) is 2.41. The molecule has 166 valence electrons. The smallest absolute Gasteiger partial charge is 0.338 e. The van der Waals surface area contributed by atoms with Gasteiger partial charge in [-0.25, -0.2) is 4.79 Å². The Morgan fingerprint density at radius 1 is 0.938 bits per heavy atom. The highest BCUT2D eigenvalue weighted by atomic mass is 32.2. The van der Waals surface area contributed by atoms with Gasteiger partial charge < -0.3 is 14.5 Å². The lowest BCUT2D eigenvalue weighted by atomic mass is 10.2. The number of rotatable bonds is 6. The molecule has 9 heteroatoms. The molecule has 0 bridgehead atoms. The summed E-state index contributed by atoms with van der Waals surface area (Å²) in [4.78, 5) is 28.9. The Morgan fingerprint density at radius 2 is 1.62 bits per heavy atom. The topological polar surface area (TPSA) is 80.6 Å². The zero-order valence-corrected chi connectivity index (χ0v) is 18.9. The first kappa shape index (κ1) is 21.9. The van der Waals surface area contributed by atoms with Crippen LogP contribution in [0.15, 0.2) is 59.8 Å². The Morgan fingerprint density at radius 3 is 2.28 bits per heavy atom. The molecule has 4 rings (SSSR count). The maximum atomic E-state index is 12.5. The standard InChI is InChI=1S/C23H25N5O3S/c1-17-24-25-23(32-2)28(17)20-10-8-18(9-11-20)22(30)31-16-21(29)27-14-12-26(13-15-27)19-6-4-3-5-7-19/h3-11H,12-16H2,1-2H3. The number of thioether (sulfide) groups is 1. The number of benzene rings is 2. The highest BCUT2D eigenvalue weighted by Gasteiger charge is 2.22. The van der Waals surface area contributed by atoms with E-state index in [9.17, 15) is 9.59 Å². The monoisotopic (exact) mass is 451 g/mol. The van der Waals surface area contributed by atoms with Crippen molar-refractivity contribution in [1.82, 2.24) is 19.7 Å². The Hall–Kier alpha value is -3.33. The molecule has 1 aromatic heterocycles. The second-order valence-electron chi connectivity index (χ2n) is 7.40. The molecule has 1 saturated heterocycles. The fourth-order valence-electron chi connectivity index (χ4n) is 3.67. The SMILES string of the molecule is CSc1nnc(C)n1-c1ccc(C(=O)OCC(=O)N2CCN(c3ccccc3)CC2)cc1. The lowest BCUT2D eigenvalue weighted by Crippen LogP contribution is -2.49. The van der Waals surface area contributed by atoms with E-state index in [0.717, 1.165) is 35.4 Å². The summed E-state index contributed by atoms with van der Waals surface area (Å²) in [5.74, 6) is 0.0773. The van der Waals surface area contributed by atoms with Crippen LogP contribution in [-0.4, -0.2) is 70.6 Å². The number of para-hydroxylation sites is 1. The average Bonchev–Trinajstić information content (AvgIpc) is 3.23. The predicted octanol–water partition coefficient (Wildman–Crippen LogP) is 2.80. The summed E-state index contributed by atoms with van der Waals surface area (Å²) < 4.78 is 7.19. The zero-order valence-electron chi connectivity index (χ0n) is 18.1. The number of aryl methyl sites for hydroxylation is 1. The summed E-state index contributed by atoms with van der Waals surface area (Å²) in [5, 5.41) is 8.99. The van der Waals surface area contributed by atoms with E-state index in [1.165, 1.54) is 11.8 Å². The van der Waals surface area contributed by atoms with Gasteiger partial charge in [-0.3, -0.25) is 9.36 Å². The minimum absolute atomic E-state index is 0.174. The first-order chi connectivity index (χ1) is 15.6. The van der Waals surface area contributed by atoms with Gasteiger partial charge in [0.1, 0.15) is 5.82 Å². The van der Waals surface area contributed by atoms with Crippen LogP contribution in [0.4, 0.5) is 5.69 Å². The molecule has 1 fully saturated rings. The van der Waals surface area contributed by atoms with Crippen LogP contribution in [-0.2, 0) is 9.53 Å². The van der Waals surface area contributed by atoms with Gasteiger partial charge in [-0.1, -0.05) is 30.0 Å². The van der Waals surface area contributed by atoms with Crippen LogP contribution in [0.1, 0.15) is 16.2 Å². The quantitative estimate of drug-likeness (QED) is 0.421. The molecule has 0 aliphatic carbocycles. The largest absolute Gasteiger partial charge is 0.452 e. The van der Waals surface area contributed by atoms with E-state index < -0.39 is 5.97 Å². The Balaban J connectivity index is 1.29. The normalized spacial score (nSPS) is 13.8. The third kappa shape index (κ3) is 4.77. The zero-order chi connectivity index (χ0) is 22.5. The number of esters is 1. The fourth-order valence-corrected chi connectivity index (χ4v) is 4.22. The van der Waals surface area contributed by atoms with Crippen molar-refractivity contribution in [2.45, 2.75) is 12.1 Å². The van der Waals surface area contributed by atoms with E-state index in [0.29, 0.717) is 18.7 Å². The highest BCUT2D eigenvalue weighted by molar-refractivity contribution is 7.98. The number of aromatic nitrogens is 3. The number of carbonyl (C=O) groups excluding carboxylic acids is 2. The Labute approximate surface area is 191 Å². The van der Waals surface area contributed by atoms with Crippen molar-refractivity contribution in [2.75, 3.05) is 43.9 Å². The summed E-state index contributed by atoms with van der Waals surface area (Å²) in [7, 11) is 0. The summed E-state index contributed by atoms with van der Waals surface area (Å²) in [6.45, 7) is 4.34. The van der Waals surface area contributed by atoms with Gasteiger partial charge >= 0.3 is 5.97 Å². The number of anilines is 1. The second-order valence-corrected chi connectivity index (χ2v) is 8.17. The number of carbonyl (C=O) groups is 2. The lowest BCUT2D eigenvalue weighted by molar-refractivity contribution is -0.134. The maximum Gasteiger partial charge on any atom is 0.338 e. The van der Waals surface area contributed by atoms with Gasteiger partial charge in [0, 0.05) is 37.6 Å². The Bertz CT molecular complexity index is 1080. The van der Waals surface area contributed by atoms with Crippen LogP contribution in [0.3, 0.4) is 0 Å². The predicted molar refractivity (Wildman–Crippen MR) is 123 cm³/mol. The summed E-state index contributed by atoms with van der Waals surface area (Å²) >= 11 is 1.50. The molecule has 1 amide bonds. The summed E-state index contributed by atoms with van der Waals surface area (Å²) in [6.07, 6.45) is 1.93. The first-order valence-corrected chi connectivity index (χ1v) is 11.6. The molecular weight excluding hydrogens is 426 g/mol. The lowest BCUT2D eigenvalue weighted by Gasteiger charge is -2.36. The highest BCUT2D eigenvalue weighted by Crippen LogP contribution is 2.20. The minimum Gasteiger partial charge on any atom is -0.452 e. The molecule has 1 aliphatic rings. The van der Waals surface area contributed by atoms with E-state index in [-0.39, 0.29) is 12.5 Å². The van der Waals surface area contributed by atoms with Crippen molar-refractivity contribution in [1.29, 1.82) is 0 Å². The van der Waals surface area contributed by atoms with Crippen LogP contribution in [0.2, 0.25) is 0 Å². The van der Waals surface area contributed by atoms with Gasteiger partial charge in [-0.05, 0) is 49.6 Å². The van der Waals surface area contributed by atoms with E-state index in [2.05, 4.69) is 27.2 Å². The number of nitrogens with zero attached hydrogens (tertiary/aromatic N) is 5. The van der Waals surface area contributed by atoms with Crippen molar-refractivity contribution < 1.29 is 14.3 Å². The van der Waals surface area contributed by atoms with Crippen molar-refractivity contribution in [3.63, 3.8) is 0 Å². The van der Waals surface area contributed by atoms with Crippen LogP contribution in [0.25, 0.3) is 5.69 Å². The molecule has 0 radical (unpaired) electrons. The summed E-state index contributed by atoms with van der Waals surface area (Å²) in [6, 6.07) is 17.1. The molecule has 0 N–H and O–H groups in total. The van der Waals surface area contributed by atoms with Gasteiger partial charge in [-0.2, -0.15) is 0 Å². The van der Waals surface area contributed by atoms with Crippen molar-refractivity contribution in [2.24, 2.45) is 0 Å². The number of ether oxygens (including phenoxy) is 1. The van der Waals surface area contributed by atoms with Crippen molar-refractivity contribution in [3.8, 4) is 5.69 Å². The van der Waals surface area contributed by atoms with E-state index in [1.807, 2.05) is 48.1 Å². The van der Waals surface area contributed by atoms with Crippen LogP contribution >= 0.6 is 11.8 Å². The number of hydrogen-bond acceptors (Lipinski definition) is 7. The maximum absolute atomic E-state index is 12.5. The number of hydrogen-bond donors (Lipinski definition) is 0. The Kier molecular flexibility index (Phi) is 6.75. The molecule has 2 aromatic carbocycles. The number of amides is 1. The molecule has 3 aromatic rings. The van der Waals surface area contributed by atoms with Crippen LogP contribution in [0.5, 0.6) is 0 Å². The van der Waals surface area contributed by atoms with E-state index >= 15 is 0 Å². The molecule has 2 heterocycles. The third-order valence-electron chi connectivity index (χ3n) is 5.42.